The lowest BCUT2D eigenvalue weighted by atomic mass is 9.88. The fourth-order valence-electron chi connectivity index (χ4n) is 1.30. The van der Waals surface area contributed by atoms with Gasteiger partial charge in [-0.3, -0.25) is 0 Å². The lowest BCUT2D eigenvalue weighted by Crippen LogP contribution is -2.37. The molecule has 0 aliphatic carbocycles. The standard InChI is InChI=1S/C13H23NO2/c1-10(13(2,3)4)14-8-11-6-7-12(16-11)9-15-5/h6-7,10,14H,8-9H2,1-5H3. The van der Waals surface area contributed by atoms with E-state index in [0.29, 0.717) is 12.6 Å². The molecule has 0 aromatic carbocycles. The Labute approximate surface area is 98.2 Å². The Morgan fingerprint density at radius 3 is 2.50 bits per heavy atom. The van der Waals surface area contributed by atoms with Crippen LogP contribution in [0, 0.1) is 5.41 Å². The monoisotopic (exact) mass is 225 g/mol. The van der Waals surface area contributed by atoms with Crippen LogP contribution in [0.25, 0.3) is 0 Å². The van der Waals surface area contributed by atoms with E-state index in [1.54, 1.807) is 7.11 Å². The molecule has 0 amide bonds. The maximum atomic E-state index is 5.60. The van der Waals surface area contributed by atoms with Crippen LogP contribution in [-0.2, 0) is 17.9 Å². The molecule has 0 aliphatic rings. The van der Waals surface area contributed by atoms with Crippen molar-refractivity contribution in [2.75, 3.05) is 7.11 Å². The van der Waals surface area contributed by atoms with Crippen LogP contribution in [0.2, 0.25) is 0 Å². The highest BCUT2D eigenvalue weighted by molar-refractivity contribution is 5.06. The van der Waals surface area contributed by atoms with Gasteiger partial charge in [-0.25, -0.2) is 0 Å². The minimum Gasteiger partial charge on any atom is -0.462 e. The fourth-order valence-corrected chi connectivity index (χ4v) is 1.30. The smallest absolute Gasteiger partial charge is 0.129 e. The fraction of sp³-hybridized carbons (Fsp3) is 0.692. The Bertz CT molecular complexity index is 312. The normalized spacial score (nSPS) is 14.1. The molecular weight excluding hydrogens is 202 g/mol. The first kappa shape index (κ1) is 13.3. The average molecular weight is 225 g/mol. The number of rotatable bonds is 5. The van der Waals surface area contributed by atoms with Gasteiger partial charge in [0.15, 0.2) is 0 Å². The highest BCUT2D eigenvalue weighted by Crippen LogP contribution is 2.19. The lowest BCUT2D eigenvalue weighted by Gasteiger charge is -2.27. The largest absolute Gasteiger partial charge is 0.462 e. The van der Waals surface area contributed by atoms with E-state index in [0.717, 1.165) is 18.1 Å². The predicted octanol–water partition coefficient (Wildman–Crippen LogP) is 2.95. The molecule has 1 rings (SSSR count). The van der Waals surface area contributed by atoms with Crippen LogP contribution in [0.4, 0.5) is 0 Å². The first-order valence-electron chi connectivity index (χ1n) is 5.73. The van der Waals surface area contributed by atoms with Gasteiger partial charge in [-0.15, -0.1) is 0 Å². The summed E-state index contributed by atoms with van der Waals surface area (Å²) in [6.07, 6.45) is 0. The van der Waals surface area contributed by atoms with Crippen molar-refractivity contribution >= 4 is 0 Å². The Morgan fingerprint density at radius 2 is 1.94 bits per heavy atom. The van der Waals surface area contributed by atoms with Crippen LogP contribution in [0.15, 0.2) is 16.5 Å². The highest BCUT2D eigenvalue weighted by Gasteiger charge is 2.19. The Balaban J connectivity index is 2.42. The summed E-state index contributed by atoms with van der Waals surface area (Å²) in [5, 5.41) is 3.46. The summed E-state index contributed by atoms with van der Waals surface area (Å²) in [6, 6.07) is 4.41. The van der Waals surface area contributed by atoms with Gasteiger partial charge in [-0.2, -0.15) is 0 Å². The van der Waals surface area contributed by atoms with E-state index in [-0.39, 0.29) is 5.41 Å². The first-order valence-corrected chi connectivity index (χ1v) is 5.73. The van der Waals surface area contributed by atoms with Crippen molar-refractivity contribution in [3.63, 3.8) is 0 Å². The molecule has 1 aromatic heterocycles. The molecule has 0 saturated carbocycles. The number of ether oxygens (including phenoxy) is 1. The lowest BCUT2D eigenvalue weighted by molar-refractivity contribution is 0.162. The summed E-state index contributed by atoms with van der Waals surface area (Å²) in [6.45, 7) is 10.2. The number of hydrogen-bond donors (Lipinski definition) is 1. The van der Waals surface area contributed by atoms with Crippen LogP contribution >= 0.6 is 0 Å². The summed E-state index contributed by atoms with van der Waals surface area (Å²) < 4.78 is 10.6. The molecular formula is C13H23NO2. The molecule has 1 unspecified atom stereocenters. The third kappa shape index (κ3) is 3.99. The van der Waals surface area contributed by atoms with Crippen LogP contribution in [0.1, 0.15) is 39.2 Å². The topological polar surface area (TPSA) is 34.4 Å². The molecule has 0 fully saturated rings. The second-order valence-corrected chi connectivity index (χ2v) is 5.27. The van der Waals surface area contributed by atoms with Gasteiger partial charge < -0.3 is 14.5 Å². The quantitative estimate of drug-likeness (QED) is 0.836. The molecule has 92 valence electrons. The van der Waals surface area contributed by atoms with E-state index in [2.05, 4.69) is 33.0 Å². The number of nitrogens with one attached hydrogen (secondary N) is 1. The van der Waals surface area contributed by atoms with E-state index in [4.69, 9.17) is 9.15 Å². The number of furan rings is 1. The Morgan fingerprint density at radius 1 is 1.31 bits per heavy atom. The van der Waals surface area contributed by atoms with Crippen molar-refractivity contribution < 1.29 is 9.15 Å². The molecule has 16 heavy (non-hydrogen) atoms. The summed E-state index contributed by atoms with van der Waals surface area (Å²) in [5.41, 5.74) is 0.266. The molecule has 3 heteroatoms. The van der Waals surface area contributed by atoms with Crippen molar-refractivity contribution in [1.29, 1.82) is 0 Å². The van der Waals surface area contributed by atoms with Gasteiger partial charge in [0.05, 0.1) is 6.54 Å². The van der Waals surface area contributed by atoms with Gasteiger partial charge in [0.25, 0.3) is 0 Å². The highest BCUT2D eigenvalue weighted by atomic mass is 16.5. The summed E-state index contributed by atoms with van der Waals surface area (Å²) in [7, 11) is 1.67. The molecule has 1 N–H and O–H groups in total. The summed E-state index contributed by atoms with van der Waals surface area (Å²) >= 11 is 0. The third-order valence-corrected chi connectivity index (χ3v) is 2.89. The van der Waals surface area contributed by atoms with Gasteiger partial charge >= 0.3 is 0 Å². The van der Waals surface area contributed by atoms with Crippen LogP contribution in [-0.4, -0.2) is 13.2 Å². The van der Waals surface area contributed by atoms with Gasteiger partial charge in [0.1, 0.15) is 18.1 Å². The van der Waals surface area contributed by atoms with Gasteiger partial charge in [-0.05, 0) is 24.5 Å². The molecule has 0 bridgehead atoms. The van der Waals surface area contributed by atoms with Gasteiger partial charge in [0, 0.05) is 13.2 Å². The summed E-state index contributed by atoms with van der Waals surface area (Å²) in [5.74, 6) is 1.84. The first-order chi connectivity index (χ1) is 7.43. The zero-order chi connectivity index (χ0) is 12.2. The Kier molecular flexibility index (Phi) is 4.56. The zero-order valence-electron chi connectivity index (χ0n) is 11.0. The van der Waals surface area contributed by atoms with Crippen molar-refractivity contribution in [3.05, 3.63) is 23.7 Å². The maximum absolute atomic E-state index is 5.60. The zero-order valence-corrected chi connectivity index (χ0v) is 11.0. The molecule has 3 nitrogen and oxygen atoms in total. The molecule has 1 heterocycles. The molecule has 0 saturated heterocycles. The van der Waals surface area contributed by atoms with Crippen LogP contribution < -0.4 is 5.32 Å². The van der Waals surface area contributed by atoms with Gasteiger partial charge in [-0.1, -0.05) is 20.8 Å². The second kappa shape index (κ2) is 5.51. The van der Waals surface area contributed by atoms with Crippen molar-refractivity contribution in [2.45, 2.75) is 46.9 Å². The third-order valence-electron chi connectivity index (χ3n) is 2.89. The van der Waals surface area contributed by atoms with Gasteiger partial charge in [0.2, 0.25) is 0 Å². The van der Waals surface area contributed by atoms with Crippen LogP contribution in [0.3, 0.4) is 0 Å². The van der Waals surface area contributed by atoms with E-state index < -0.39 is 0 Å². The van der Waals surface area contributed by atoms with Crippen molar-refractivity contribution in [1.82, 2.24) is 5.32 Å². The SMILES string of the molecule is COCc1ccc(CNC(C)C(C)(C)C)o1. The number of methoxy groups -OCH3 is 1. The van der Waals surface area contributed by atoms with Crippen LogP contribution in [0.5, 0.6) is 0 Å². The second-order valence-electron chi connectivity index (χ2n) is 5.27. The maximum Gasteiger partial charge on any atom is 0.129 e. The molecule has 1 aromatic rings. The molecule has 0 radical (unpaired) electrons. The number of hydrogen-bond acceptors (Lipinski definition) is 3. The van der Waals surface area contributed by atoms with E-state index in [1.165, 1.54) is 0 Å². The molecule has 0 aliphatic heterocycles. The summed E-state index contributed by atoms with van der Waals surface area (Å²) in [4.78, 5) is 0. The predicted molar refractivity (Wildman–Crippen MR) is 65.2 cm³/mol. The Hall–Kier alpha value is -0.800. The molecule has 1 atom stereocenters. The van der Waals surface area contributed by atoms with Crippen molar-refractivity contribution in [3.8, 4) is 0 Å². The van der Waals surface area contributed by atoms with Crippen molar-refractivity contribution in [2.24, 2.45) is 5.41 Å². The minimum absolute atomic E-state index is 0.266. The molecule has 0 spiro atoms. The minimum atomic E-state index is 0.266. The average Bonchev–Trinajstić information content (AvgIpc) is 2.61. The van der Waals surface area contributed by atoms with E-state index in [1.807, 2.05) is 12.1 Å². The van der Waals surface area contributed by atoms with E-state index >= 15 is 0 Å². The van der Waals surface area contributed by atoms with E-state index in [9.17, 15) is 0 Å².